The number of morpholine rings is 1. The Morgan fingerprint density at radius 3 is 2.65 bits per heavy atom. The first-order valence-corrected chi connectivity index (χ1v) is 10.2. The average Bonchev–Trinajstić information content (AvgIpc) is 3.22. The molecule has 0 saturated carbocycles. The Kier molecular flexibility index (Phi) is 6.43. The van der Waals surface area contributed by atoms with Gasteiger partial charge in [-0.15, -0.1) is 0 Å². The van der Waals surface area contributed by atoms with Crippen LogP contribution in [0.25, 0.3) is 0 Å². The Labute approximate surface area is 178 Å². The van der Waals surface area contributed by atoms with E-state index in [4.69, 9.17) is 9.47 Å². The lowest BCUT2D eigenvalue weighted by Crippen LogP contribution is -2.50. The maximum atomic E-state index is 12.9. The van der Waals surface area contributed by atoms with Gasteiger partial charge in [-0.05, 0) is 11.6 Å². The van der Waals surface area contributed by atoms with Gasteiger partial charge in [0.2, 0.25) is 5.88 Å². The van der Waals surface area contributed by atoms with Crippen LogP contribution in [-0.4, -0.2) is 65.7 Å². The van der Waals surface area contributed by atoms with Crippen molar-refractivity contribution in [3.8, 4) is 5.88 Å². The predicted octanol–water partition coefficient (Wildman–Crippen LogP) is 2.98. The summed E-state index contributed by atoms with van der Waals surface area (Å²) in [4.78, 5) is 20.6. The van der Waals surface area contributed by atoms with Crippen LogP contribution in [0.2, 0.25) is 0 Å². The molecule has 2 aromatic rings. The number of amides is 1. The van der Waals surface area contributed by atoms with E-state index in [2.05, 4.69) is 22.0 Å². The highest BCUT2D eigenvalue weighted by Gasteiger charge is 2.35. The average molecular weight is 435 g/mol. The number of carbonyl (C=O) groups is 1. The fourth-order valence-electron chi connectivity index (χ4n) is 3.85. The number of rotatable bonds is 5. The number of aromatic nitrogens is 1. The first-order chi connectivity index (χ1) is 14.9. The molecule has 2 saturated heterocycles. The van der Waals surface area contributed by atoms with Crippen LogP contribution in [0.4, 0.5) is 13.2 Å². The third kappa shape index (κ3) is 5.54. The Hall–Kier alpha value is -2.65. The number of pyridine rings is 1. The van der Waals surface area contributed by atoms with Crippen LogP contribution >= 0.6 is 0 Å². The third-order valence-corrected chi connectivity index (χ3v) is 5.48. The molecule has 1 aromatic heterocycles. The molecular formula is C22H24F3N3O3. The SMILES string of the molecule is O=C([C@H]1CN(Cc2ccccc2)CCO1)N1CC[C@H](Oc2ccc(C(F)(F)F)cn2)C1. The van der Waals surface area contributed by atoms with Gasteiger partial charge in [0.25, 0.3) is 5.91 Å². The minimum atomic E-state index is -4.43. The highest BCUT2D eigenvalue weighted by Crippen LogP contribution is 2.29. The molecule has 1 aromatic carbocycles. The number of halogens is 3. The Morgan fingerprint density at radius 2 is 1.94 bits per heavy atom. The number of likely N-dealkylation sites (tertiary alicyclic amines) is 1. The Balaban J connectivity index is 1.29. The van der Waals surface area contributed by atoms with E-state index in [0.29, 0.717) is 32.7 Å². The monoisotopic (exact) mass is 435 g/mol. The van der Waals surface area contributed by atoms with Crippen LogP contribution in [-0.2, 0) is 22.3 Å². The van der Waals surface area contributed by atoms with Crippen molar-refractivity contribution < 1.29 is 27.4 Å². The highest BCUT2D eigenvalue weighted by atomic mass is 19.4. The van der Waals surface area contributed by atoms with Gasteiger partial charge in [-0.3, -0.25) is 9.69 Å². The van der Waals surface area contributed by atoms with Crippen molar-refractivity contribution in [1.29, 1.82) is 0 Å². The van der Waals surface area contributed by atoms with Gasteiger partial charge in [-0.2, -0.15) is 13.2 Å². The van der Waals surface area contributed by atoms with Crippen LogP contribution in [0.5, 0.6) is 5.88 Å². The molecule has 6 nitrogen and oxygen atoms in total. The second-order valence-corrected chi connectivity index (χ2v) is 7.78. The van der Waals surface area contributed by atoms with E-state index in [1.165, 1.54) is 11.6 Å². The summed E-state index contributed by atoms with van der Waals surface area (Å²) in [5.41, 5.74) is 0.367. The summed E-state index contributed by atoms with van der Waals surface area (Å²) in [7, 11) is 0. The number of hydrogen-bond donors (Lipinski definition) is 0. The molecule has 31 heavy (non-hydrogen) atoms. The molecule has 9 heteroatoms. The zero-order chi connectivity index (χ0) is 21.8. The summed E-state index contributed by atoms with van der Waals surface area (Å²) < 4.78 is 49.4. The van der Waals surface area contributed by atoms with Gasteiger partial charge in [-0.25, -0.2) is 4.98 Å². The fourth-order valence-corrected chi connectivity index (χ4v) is 3.85. The van der Waals surface area contributed by atoms with Crippen LogP contribution in [0, 0.1) is 0 Å². The van der Waals surface area contributed by atoms with Gasteiger partial charge in [0.05, 0.1) is 18.7 Å². The molecule has 166 valence electrons. The third-order valence-electron chi connectivity index (χ3n) is 5.48. The lowest BCUT2D eigenvalue weighted by molar-refractivity contribution is -0.149. The predicted molar refractivity (Wildman–Crippen MR) is 106 cm³/mol. The van der Waals surface area contributed by atoms with Crippen molar-refractivity contribution in [2.75, 3.05) is 32.8 Å². The topological polar surface area (TPSA) is 54.9 Å². The lowest BCUT2D eigenvalue weighted by atomic mass is 10.2. The molecule has 1 amide bonds. The number of nitrogens with zero attached hydrogens (tertiary/aromatic N) is 3. The molecule has 0 bridgehead atoms. The van der Waals surface area contributed by atoms with E-state index in [9.17, 15) is 18.0 Å². The number of alkyl halides is 3. The molecule has 0 radical (unpaired) electrons. The largest absolute Gasteiger partial charge is 0.472 e. The fraction of sp³-hybridized carbons (Fsp3) is 0.455. The Bertz CT molecular complexity index is 877. The van der Waals surface area contributed by atoms with Gasteiger partial charge in [0, 0.05) is 44.9 Å². The molecule has 2 fully saturated rings. The highest BCUT2D eigenvalue weighted by molar-refractivity contribution is 5.81. The summed E-state index contributed by atoms with van der Waals surface area (Å²) in [6.45, 7) is 3.43. The van der Waals surface area contributed by atoms with E-state index in [0.717, 1.165) is 25.4 Å². The second kappa shape index (κ2) is 9.23. The first kappa shape index (κ1) is 21.6. The summed E-state index contributed by atoms with van der Waals surface area (Å²) in [6, 6.07) is 12.2. The minimum absolute atomic E-state index is 0.0794. The first-order valence-electron chi connectivity index (χ1n) is 10.2. The van der Waals surface area contributed by atoms with Crippen LogP contribution < -0.4 is 4.74 Å². The quantitative estimate of drug-likeness (QED) is 0.723. The van der Waals surface area contributed by atoms with E-state index < -0.39 is 17.8 Å². The van der Waals surface area contributed by atoms with Crippen molar-refractivity contribution in [3.05, 3.63) is 59.8 Å². The molecular weight excluding hydrogens is 411 g/mol. The van der Waals surface area contributed by atoms with Crippen molar-refractivity contribution in [1.82, 2.24) is 14.8 Å². The second-order valence-electron chi connectivity index (χ2n) is 7.78. The van der Waals surface area contributed by atoms with Gasteiger partial charge in [0.15, 0.2) is 0 Å². The molecule has 2 aliphatic heterocycles. The van der Waals surface area contributed by atoms with Crippen LogP contribution in [0.1, 0.15) is 17.5 Å². The molecule has 3 heterocycles. The minimum Gasteiger partial charge on any atom is -0.472 e. The summed E-state index contributed by atoms with van der Waals surface area (Å²) >= 11 is 0. The number of carbonyl (C=O) groups excluding carboxylic acids is 1. The molecule has 0 unspecified atom stereocenters. The number of hydrogen-bond acceptors (Lipinski definition) is 5. The summed E-state index contributed by atoms with van der Waals surface area (Å²) in [5.74, 6) is 0.0412. The van der Waals surface area contributed by atoms with E-state index >= 15 is 0 Å². The van der Waals surface area contributed by atoms with Gasteiger partial charge >= 0.3 is 6.18 Å². The smallest absolute Gasteiger partial charge is 0.417 e. The van der Waals surface area contributed by atoms with Crippen LogP contribution in [0.15, 0.2) is 48.7 Å². The molecule has 4 rings (SSSR count). The van der Waals surface area contributed by atoms with Crippen molar-refractivity contribution in [2.24, 2.45) is 0 Å². The number of benzene rings is 1. The zero-order valence-electron chi connectivity index (χ0n) is 16.9. The van der Waals surface area contributed by atoms with Gasteiger partial charge in [-0.1, -0.05) is 30.3 Å². The van der Waals surface area contributed by atoms with Crippen LogP contribution in [0.3, 0.4) is 0 Å². The zero-order valence-corrected chi connectivity index (χ0v) is 16.9. The normalized spacial score (nSPS) is 22.5. The van der Waals surface area contributed by atoms with Gasteiger partial charge in [0.1, 0.15) is 12.2 Å². The lowest BCUT2D eigenvalue weighted by Gasteiger charge is -2.34. The van der Waals surface area contributed by atoms with Gasteiger partial charge < -0.3 is 14.4 Å². The maximum Gasteiger partial charge on any atom is 0.417 e. The van der Waals surface area contributed by atoms with E-state index in [1.54, 1.807) is 4.90 Å². The summed E-state index contributed by atoms with van der Waals surface area (Å²) in [6.07, 6.45) is -3.92. The van der Waals surface area contributed by atoms with Crippen molar-refractivity contribution in [2.45, 2.75) is 31.3 Å². The number of ether oxygens (including phenoxy) is 2. The molecule has 2 aliphatic rings. The molecule has 0 N–H and O–H groups in total. The Morgan fingerprint density at radius 1 is 1.13 bits per heavy atom. The molecule has 0 aliphatic carbocycles. The molecule has 0 spiro atoms. The summed E-state index contributed by atoms with van der Waals surface area (Å²) in [5, 5.41) is 0. The standard InChI is InChI=1S/C22H24F3N3O3/c23-22(24,25)17-6-7-20(26-12-17)31-18-8-9-28(14-18)21(29)19-15-27(10-11-30-19)13-16-4-2-1-3-5-16/h1-7,12,18-19H,8-11,13-15H2/t18-,19+/m0/s1. The van der Waals surface area contributed by atoms with Crippen molar-refractivity contribution >= 4 is 5.91 Å². The van der Waals surface area contributed by atoms with E-state index in [1.807, 2.05) is 18.2 Å². The molecule has 2 atom stereocenters. The van der Waals surface area contributed by atoms with E-state index in [-0.39, 0.29) is 17.9 Å². The van der Waals surface area contributed by atoms with Crippen molar-refractivity contribution in [3.63, 3.8) is 0 Å². The maximum absolute atomic E-state index is 12.9.